The fourth-order valence-corrected chi connectivity index (χ4v) is 12.8. The topological polar surface area (TPSA) is 608 Å². The number of aromatic hydroxyl groups is 2. The van der Waals surface area contributed by atoms with Gasteiger partial charge in [0.05, 0.1) is 13.0 Å². The SMILES string of the molecule is CC[C@H](C)[C@@H]1NC(=O)[C@H](Cc2ccc(O)cc2)NC(=O)[C@@H](NC(=O)[C@H](Cc2ccccc2)NC(=O)CCCN)CSSC[C@@H](C(=O)N[C@@H](Cc2ccc(O)cc2)C(=O)O)NC(=O)[C@H](CCC(N)=O)NC(=O)[C@H](CC(=O)O)NC(=O)[C@H](CCC(=O)O)NC(=O)[C@H](C(C)C)NC(=O)[C@H](CCC(=O)O)NC(=O)CNC1=O. The quantitative estimate of drug-likeness (QED) is 0.0307. The number of benzene rings is 3. The van der Waals surface area contributed by atoms with E-state index in [2.05, 4.69) is 63.8 Å². The summed E-state index contributed by atoms with van der Waals surface area (Å²) in [6.07, 6.45) is -6.44. The molecule has 0 bridgehead atoms. The Morgan fingerprint density at radius 3 is 1.56 bits per heavy atom. The minimum absolute atomic E-state index is 0.107. The summed E-state index contributed by atoms with van der Waals surface area (Å²) in [4.78, 5) is 234. The number of carbonyl (C=O) groups excluding carboxylic acids is 13. The van der Waals surface area contributed by atoms with E-state index in [0.29, 0.717) is 21.9 Å². The Bertz CT molecular complexity index is 3670. The fraction of sp³-hybridized carbons (Fsp3) is 0.493. The van der Waals surface area contributed by atoms with Crippen LogP contribution in [0.5, 0.6) is 11.5 Å². The van der Waals surface area contributed by atoms with Crippen LogP contribution < -0.4 is 75.3 Å². The highest BCUT2D eigenvalue weighted by Gasteiger charge is 2.39. The molecule has 1 saturated heterocycles. The first-order chi connectivity index (χ1) is 51.1. The first-order valence-electron chi connectivity index (χ1n) is 34.4. The van der Waals surface area contributed by atoms with Gasteiger partial charge in [0.25, 0.3) is 0 Å². The number of hydrogen-bond acceptors (Lipinski definition) is 22. The molecule has 0 unspecified atom stereocenters. The van der Waals surface area contributed by atoms with E-state index in [4.69, 9.17) is 11.5 Å². The largest absolute Gasteiger partial charge is 0.508 e. The molecular weight excluding hydrogens is 1460 g/mol. The maximum atomic E-state index is 15.2. The van der Waals surface area contributed by atoms with Crippen LogP contribution in [0.1, 0.15) is 109 Å². The number of carboxylic acid groups (broad SMARTS) is 4. The number of nitrogens with one attached hydrogen (secondary N) is 12. The highest BCUT2D eigenvalue weighted by atomic mass is 33.1. The number of carbonyl (C=O) groups is 17. The van der Waals surface area contributed by atoms with Crippen molar-refractivity contribution in [2.45, 2.75) is 178 Å². The van der Waals surface area contributed by atoms with E-state index in [0.717, 1.165) is 10.8 Å². The molecule has 0 aromatic heterocycles. The lowest BCUT2D eigenvalue weighted by Crippen LogP contribution is -2.61. The van der Waals surface area contributed by atoms with Crippen LogP contribution in [0.4, 0.5) is 0 Å². The van der Waals surface area contributed by atoms with Crippen LogP contribution in [0.15, 0.2) is 78.9 Å². The van der Waals surface area contributed by atoms with Gasteiger partial charge >= 0.3 is 23.9 Å². The van der Waals surface area contributed by atoms with E-state index >= 15 is 4.79 Å². The van der Waals surface area contributed by atoms with E-state index in [-0.39, 0.29) is 55.7 Å². The van der Waals surface area contributed by atoms with E-state index in [1.807, 2.05) is 0 Å². The van der Waals surface area contributed by atoms with Crippen molar-refractivity contribution in [3.8, 4) is 11.5 Å². The van der Waals surface area contributed by atoms with Crippen molar-refractivity contribution in [3.05, 3.63) is 95.6 Å². The average Bonchev–Trinajstić information content (AvgIpc) is 0.850. The van der Waals surface area contributed by atoms with Gasteiger partial charge in [0.1, 0.15) is 78.0 Å². The molecule has 12 atom stereocenters. The second kappa shape index (κ2) is 45.4. The molecule has 590 valence electrons. The normalized spacial score (nSPS) is 21.7. The van der Waals surface area contributed by atoms with Crippen molar-refractivity contribution in [2.75, 3.05) is 24.6 Å². The lowest BCUT2D eigenvalue weighted by Gasteiger charge is -2.29. The second-order valence-corrected chi connectivity index (χ2v) is 28.2. The van der Waals surface area contributed by atoms with Crippen molar-refractivity contribution in [1.29, 1.82) is 0 Å². The molecule has 39 heteroatoms. The molecule has 22 N–H and O–H groups in total. The Balaban J connectivity index is 1.98. The minimum Gasteiger partial charge on any atom is -0.508 e. The fourth-order valence-electron chi connectivity index (χ4n) is 10.5. The molecule has 0 spiro atoms. The first-order valence-corrected chi connectivity index (χ1v) is 36.9. The monoisotopic (exact) mass is 1550 g/mol. The zero-order valence-electron chi connectivity index (χ0n) is 59.6. The number of rotatable bonds is 29. The van der Waals surface area contributed by atoms with E-state index < -0.39 is 248 Å². The standard InChI is InChI=1S/C69H94N14O23S2/c1-5-36(4)58-67(103)72-32-53(88)73-42(22-25-54(89)90)61(97)82-57(35(2)3)68(104)76-44(23-26-55(91)92)59(95)78-47(31-56(93)94)63(99)75-43(21-24-51(71)86)60(96)80-50(66(102)79-48(69(105)106)30-39-15-19-41(85)20-16-39)34-108-107-33-49(65(101)77-46(64(100)83-58)29-38-13-17-40(84)18-14-38)81-62(98)45(74-52(87)12-9-27-70)28-37-10-7-6-8-11-37/h6-8,10-11,13-20,35-36,42-50,57-58,84-85H,5,9,12,21-34,70H2,1-4H3,(H2,71,86)(H,72,103)(H,73,88)(H,74,87)(H,75,99)(H,76,104)(H,77,101)(H,78,95)(H,79,102)(H,80,96)(H,81,98)(H,82,97)(H,83,100)(H,89,90)(H,91,92)(H,93,94)(H,105,106)/t36-,42-,43-,44-,45-,46-,47-,48-,49-,50-,57-,58-/m0/s1. The molecule has 1 fully saturated rings. The number of primary amides is 1. The van der Waals surface area contributed by atoms with Crippen LogP contribution >= 0.6 is 21.6 Å². The van der Waals surface area contributed by atoms with Crippen molar-refractivity contribution in [2.24, 2.45) is 23.3 Å². The first kappa shape index (κ1) is 89.3. The van der Waals surface area contributed by atoms with Gasteiger partial charge in [-0.3, -0.25) is 76.7 Å². The average molecular weight is 1550 g/mol. The summed E-state index contributed by atoms with van der Waals surface area (Å²) in [5.74, 6) is -24.3. The number of aliphatic carboxylic acids is 4. The number of hydrogen-bond donors (Lipinski definition) is 20. The molecule has 1 aliphatic heterocycles. The predicted molar refractivity (Wildman–Crippen MR) is 388 cm³/mol. The predicted octanol–water partition coefficient (Wildman–Crippen LogP) is -3.03. The zero-order valence-corrected chi connectivity index (χ0v) is 61.3. The maximum absolute atomic E-state index is 15.2. The molecule has 3 aromatic carbocycles. The Labute approximate surface area is 628 Å². The van der Waals surface area contributed by atoms with Crippen molar-refractivity contribution in [3.63, 3.8) is 0 Å². The van der Waals surface area contributed by atoms with Crippen LogP contribution in [-0.4, -0.2) is 222 Å². The number of nitrogens with two attached hydrogens (primary N) is 2. The van der Waals surface area contributed by atoms with Crippen LogP contribution in [0.2, 0.25) is 0 Å². The Hall–Kier alpha value is -11.1. The van der Waals surface area contributed by atoms with Crippen molar-refractivity contribution < 1.29 is 112 Å². The van der Waals surface area contributed by atoms with Gasteiger partial charge in [-0.2, -0.15) is 0 Å². The summed E-state index contributed by atoms with van der Waals surface area (Å²) in [5, 5.41) is 88.9. The third-order valence-electron chi connectivity index (χ3n) is 16.7. The summed E-state index contributed by atoms with van der Waals surface area (Å²) >= 11 is 0. The lowest BCUT2D eigenvalue weighted by atomic mass is 9.97. The highest BCUT2D eigenvalue weighted by Crippen LogP contribution is 2.25. The van der Waals surface area contributed by atoms with Gasteiger partial charge in [0.15, 0.2) is 0 Å². The van der Waals surface area contributed by atoms with Gasteiger partial charge in [-0.15, -0.1) is 0 Å². The summed E-state index contributed by atoms with van der Waals surface area (Å²) < 4.78 is 0. The van der Waals surface area contributed by atoms with Crippen LogP contribution in [-0.2, 0) is 101 Å². The molecule has 0 saturated carbocycles. The maximum Gasteiger partial charge on any atom is 0.326 e. The zero-order chi connectivity index (χ0) is 80.3. The van der Waals surface area contributed by atoms with E-state index in [9.17, 15) is 107 Å². The van der Waals surface area contributed by atoms with Crippen LogP contribution in [0.3, 0.4) is 0 Å². The van der Waals surface area contributed by atoms with Crippen LogP contribution in [0.25, 0.3) is 0 Å². The van der Waals surface area contributed by atoms with Gasteiger partial charge < -0.3 is 106 Å². The van der Waals surface area contributed by atoms with Gasteiger partial charge in [-0.1, -0.05) is 110 Å². The molecule has 1 aliphatic rings. The van der Waals surface area contributed by atoms with E-state index in [1.54, 1.807) is 44.2 Å². The summed E-state index contributed by atoms with van der Waals surface area (Å²) in [6.45, 7) is 5.18. The smallest absolute Gasteiger partial charge is 0.326 e. The van der Waals surface area contributed by atoms with Gasteiger partial charge in [0, 0.05) is 56.5 Å². The molecule has 108 heavy (non-hydrogen) atoms. The molecule has 13 amide bonds. The summed E-state index contributed by atoms with van der Waals surface area (Å²) in [5.41, 5.74) is 12.3. The van der Waals surface area contributed by atoms with Gasteiger partial charge in [0.2, 0.25) is 76.8 Å². The third kappa shape index (κ3) is 31.9. The highest BCUT2D eigenvalue weighted by molar-refractivity contribution is 8.76. The van der Waals surface area contributed by atoms with Gasteiger partial charge in [-0.25, -0.2) is 4.79 Å². The molecule has 0 radical (unpaired) electrons. The number of amides is 13. The summed E-state index contributed by atoms with van der Waals surface area (Å²) in [6, 6.07) is -0.785. The number of phenols is 2. The van der Waals surface area contributed by atoms with Gasteiger partial charge in [-0.05, 0) is 85.0 Å². The van der Waals surface area contributed by atoms with Crippen molar-refractivity contribution >= 4 is 122 Å². The third-order valence-corrected chi connectivity index (χ3v) is 19.1. The van der Waals surface area contributed by atoms with Crippen molar-refractivity contribution in [1.82, 2.24) is 63.8 Å². The Kier molecular flexibility index (Phi) is 37.6. The number of phenolic OH excluding ortho intramolecular Hbond substituents is 2. The van der Waals surface area contributed by atoms with Crippen LogP contribution in [0, 0.1) is 11.8 Å². The second-order valence-electron chi connectivity index (χ2n) is 25.7. The molecule has 1 heterocycles. The molecule has 4 rings (SSSR count). The molecule has 37 nitrogen and oxygen atoms in total. The molecular formula is C69H94N14O23S2. The summed E-state index contributed by atoms with van der Waals surface area (Å²) in [7, 11) is 1.45. The lowest BCUT2D eigenvalue weighted by molar-refractivity contribution is -0.142. The molecule has 3 aromatic rings. The molecule has 0 aliphatic carbocycles. The minimum atomic E-state index is -2.23. The Morgan fingerprint density at radius 1 is 0.519 bits per heavy atom. The van der Waals surface area contributed by atoms with E-state index in [1.165, 1.54) is 62.4 Å². The Morgan fingerprint density at radius 2 is 1.01 bits per heavy atom. The number of carboxylic acids is 4.